The molecule has 24 heavy (non-hydrogen) atoms. The Balaban J connectivity index is 2.03. The Labute approximate surface area is 145 Å². The second kappa shape index (κ2) is 8.29. The predicted molar refractivity (Wildman–Crippen MR) is 97.1 cm³/mol. The summed E-state index contributed by atoms with van der Waals surface area (Å²) >= 11 is 0. The SMILES string of the molecule is CCC(C)c1ccccc1NC(=O)C(=O)N(C)C1CCN(C)CC1. The van der Waals surface area contributed by atoms with Crippen LogP contribution in [0.1, 0.15) is 44.6 Å². The summed E-state index contributed by atoms with van der Waals surface area (Å²) in [6.45, 7) is 6.15. The van der Waals surface area contributed by atoms with Crippen LogP contribution >= 0.6 is 0 Å². The van der Waals surface area contributed by atoms with Crippen molar-refractivity contribution < 1.29 is 9.59 Å². The molecule has 1 fully saturated rings. The van der Waals surface area contributed by atoms with Gasteiger partial charge in [-0.15, -0.1) is 0 Å². The third-order valence-electron chi connectivity index (χ3n) is 5.10. The highest BCUT2D eigenvalue weighted by atomic mass is 16.2. The smallest absolute Gasteiger partial charge is 0.313 e. The van der Waals surface area contributed by atoms with Crippen molar-refractivity contribution in [3.63, 3.8) is 0 Å². The maximum atomic E-state index is 12.5. The van der Waals surface area contributed by atoms with Crippen LogP contribution in [0.25, 0.3) is 0 Å². The second-order valence-corrected chi connectivity index (χ2v) is 6.80. The predicted octanol–water partition coefficient (Wildman–Crippen LogP) is 2.69. The Hall–Kier alpha value is -1.88. The van der Waals surface area contributed by atoms with E-state index in [0.29, 0.717) is 5.92 Å². The zero-order valence-electron chi connectivity index (χ0n) is 15.2. The van der Waals surface area contributed by atoms with Gasteiger partial charge in [0.2, 0.25) is 0 Å². The van der Waals surface area contributed by atoms with E-state index in [2.05, 4.69) is 31.1 Å². The van der Waals surface area contributed by atoms with E-state index in [0.717, 1.165) is 43.6 Å². The lowest BCUT2D eigenvalue weighted by atomic mass is 9.97. The summed E-state index contributed by atoms with van der Waals surface area (Å²) in [7, 11) is 3.81. The average molecular weight is 331 g/mol. The third-order valence-corrected chi connectivity index (χ3v) is 5.10. The first-order valence-corrected chi connectivity index (χ1v) is 8.79. The first kappa shape index (κ1) is 18.5. The van der Waals surface area contributed by atoms with Crippen molar-refractivity contribution in [3.8, 4) is 0 Å². The largest absolute Gasteiger partial charge is 0.334 e. The Morgan fingerprint density at radius 1 is 1.29 bits per heavy atom. The van der Waals surface area contributed by atoms with Crippen molar-refractivity contribution in [2.24, 2.45) is 0 Å². The van der Waals surface area contributed by atoms with Crippen LogP contribution in [0.4, 0.5) is 5.69 Å². The molecular formula is C19H29N3O2. The van der Waals surface area contributed by atoms with Gasteiger partial charge in [-0.1, -0.05) is 32.0 Å². The molecule has 1 aromatic carbocycles. The highest BCUT2D eigenvalue weighted by Gasteiger charge is 2.28. The van der Waals surface area contributed by atoms with Gasteiger partial charge in [-0.2, -0.15) is 0 Å². The van der Waals surface area contributed by atoms with Crippen molar-refractivity contribution in [2.75, 3.05) is 32.5 Å². The zero-order chi connectivity index (χ0) is 17.7. The number of nitrogens with zero attached hydrogens (tertiary/aromatic N) is 2. The number of likely N-dealkylation sites (N-methyl/N-ethyl adjacent to an activating group) is 1. The molecule has 2 amide bonds. The van der Waals surface area contributed by atoms with E-state index in [1.807, 2.05) is 24.3 Å². The number of nitrogens with one attached hydrogen (secondary N) is 1. The number of hydrogen-bond donors (Lipinski definition) is 1. The van der Waals surface area contributed by atoms with Gasteiger partial charge in [-0.05, 0) is 56.9 Å². The molecule has 1 atom stereocenters. The number of hydrogen-bond acceptors (Lipinski definition) is 3. The Morgan fingerprint density at radius 3 is 2.54 bits per heavy atom. The quantitative estimate of drug-likeness (QED) is 0.863. The number of rotatable bonds is 4. The minimum atomic E-state index is -0.549. The lowest BCUT2D eigenvalue weighted by Gasteiger charge is -2.34. The van der Waals surface area contributed by atoms with Gasteiger partial charge in [0.05, 0.1) is 0 Å². The van der Waals surface area contributed by atoms with E-state index < -0.39 is 11.8 Å². The number of amides is 2. The third kappa shape index (κ3) is 4.35. The van der Waals surface area contributed by atoms with E-state index in [1.54, 1.807) is 11.9 Å². The molecule has 0 spiro atoms. The summed E-state index contributed by atoms with van der Waals surface area (Å²) in [5.74, 6) is -0.668. The lowest BCUT2D eigenvalue weighted by Crippen LogP contribution is -2.48. The highest BCUT2D eigenvalue weighted by molar-refractivity contribution is 6.39. The number of carbonyl (C=O) groups excluding carboxylic acids is 2. The van der Waals surface area contributed by atoms with Crippen LogP contribution in [0.3, 0.4) is 0 Å². The van der Waals surface area contributed by atoms with Gasteiger partial charge in [0.1, 0.15) is 0 Å². The van der Waals surface area contributed by atoms with Crippen LogP contribution in [0.2, 0.25) is 0 Å². The van der Waals surface area contributed by atoms with Crippen LogP contribution < -0.4 is 5.32 Å². The molecule has 1 aliphatic heterocycles. The van der Waals surface area contributed by atoms with Crippen LogP contribution in [0.15, 0.2) is 24.3 Å². The van der Waals surface area contributed by atoms with Crippen LogP contribution in [-0.4, -0.2) is 54.8 Å². The molecule has 1 heterocycles. The van der Waals surface area contributed by atoms with Gasteiger partial charge >= 0.3 is 11.8 Å². The monoisotopic (exact) mass is 331 g/mol. The Kier molecular flexibility index (Phi) is 6.37. The van der Waals surface area contributed by atoms with Crippen molar-refractivity contribution in [3.05, 3.63) is 29.8 Å². The maximum absolute atomic E-state index is 12.5. The van der Waals surface area contributed by atoms with Crippen molar-refractivity contribution in [1.82, 2.24) is 9.80 Å². The molecule has 0 aromatic heterocycles. The standard InChI is InChI=1S/C19H29N3O2/c1-5-14(2)16-8-6-7-9-17(16)20-18(23)19(24)22(4)15-10-12-21(3)13-11-15/h6-9,14-15H,5,10-13H2,1-4H3,(H,20,23). The van der Waals surface area contributed by atoms with E-state index in [-0.39, 0.29) is 6.04 Å². The molecule has 0 radical (unpaired) electrons. The van der Waals surface area contributed by atoms with Crippen LogP contribution in [0.5, 0.6) is 0 Å². The molecule has 1 aromatic rings. The van der Waals surface area contributed by atoms with Crippen molar-refractivity contribution in [1.29, 1.82) is 0 Å². The van der Waals surface area contributed by atoms with Crippen molar-refractivity contribution >= 4 is 17.5 Å². The molecule has 1 aliphatic rings. The fourth-order valence-corrected chi connectivity index (χ4v) is 3.14. The lowest BCUT2D eigenvalue weighted by molar-refractivity contribution is -0.144. The van der Waals surface area contributed by atoms with Gasteiger partial charge in [-0.3, -0.25) is 9.59 Å². The van der Waals surface area contributed by atoms with E-state index in [1.165, 1.54) is 0 Å². The molecule has 132 valence electrons. The van der Waals surface area contributed by atoms with Crippen LogP contribution in [-0.2, 0) is 9.59 Å². The van der Waals surface area contributed by atoms with Crippen molar-refractivity contribution in [2.45, 2.75) is 45.1 Å². The van der Waals surface area contributed by atoms with Gasteiger partial charge in [0.25, 0.3) is 0 Å². The molecule has 5 heteroatoms. The highest BCUT2D eigenvalue weighted by Crippen LogP contribution is 2.26. The number of anilines is 1. The summed E-state index contributed by atoms with van der Waals surface area (Å²) in [6.07, 6.45) is 2.81. The normalized spacial score (nSPS) is 17.3. The number of carbonyl (C=O) groups is 2. The second-order valence-electron chi connectivity index (χ2n) is 6.80. The minimum absolute atomic E-state index is 0.143. The first-order valence-electron chi connectivity index (χ1n) is 8.79. The van der Waals surface area contributed by atoms with E-state index >= 15 is 0 Å². The van der Waals surface area contributed by atoms with Gasteiger partial charge < -0.3 is 15.1 Å². The minimum Gasteiger partial charge on any atom is -0.334 e. The van der Waals surface area contributed by atoms with E-state index in [9.17, 15) is 9.59 Å². The number of piperidine rings is 1. The fraction of sp³-hybridized carbons (Fsp3) is 0.579. The molecule has 1 unspecified atom stereocenters. The molecule has 5 nitrogen and oxygen atoms in total. The summed E-state index contributed by atoms with van der Waals surface area (Å²) in [6, 6.07) is 7.86. The molecule has 2 rings (SSSR count). The topological polar surface area (TPSA) is 52.7 Å². The molecule has 0 saturated carbocycles. The average Bonchev–Trinajstić information content (AvgIpc) is 2.60. The first-order chi connectivity index (χ1) is 11.4. The summed E-state index contributed by atoms with van der Waals surface area (Å²) in [5.41, 5.74) is 1.81. The molecular weight excluding hydrogens is 302 g/mol. The number of benzene rings is 1. The molecule has 1 saturated heterocycles. The summed E-state index contributed by atoms with van der Waals surface area (Å²) < 4.78 is 0. The number of likely N-dealkylation sites (tertiary alicyclic amines) is 1. The van der Waals surface area contributed by atoms with Gasteiger partial charge in [0.15, 0.2) is 0 Å². The van der Waals surface area contributed by atoms with Gasteiger partial charge in [-0.25, -0.2) is 0 Å². The molecule has 1 N–H and O–H groups in total. The molecule has 0 bridgehead atoms. The van der Waals surface area contributed by atoms with Gasteiger partial charge in [0, 0.05) is 18.8 Å². The summed E-state index contributed by atoms with van der Waals surface area (Å²) in [4.78, 5) is 28.7. The van der Waals surface area contributed by atoms with Crippen LogP contribution in [0, 0.1) is 0 Å². The fourth-order valence-electron chi connectivity index (χ4n) is 3.14. The Morgan fingerprint density at radius 2 is 1.92 bits per heavy atom. The number of para-hydroxylation sites is 1. The zero-order valence-corrected chi connectivity index (χ0v) is 15.2. The molecule has 0 aliphatic carbocycles. The summed E-state index contributed by atoms with van der Waals surface area (Å²) in [5, 5.41) is 2.81. The Bertz CT molecular complexity index is 580. The maximum Gasteiger partial charge on any atom is 0.313 e. The van der Waals surface area contributed by atoms with E-state index in [4.69, 9.17) is 0 Å².